The van der Waals surface area contributed by atoms with Gasteiger partial charge in [0.2, 0.25) is 5.78 Å². The van der Waals surface area contributed by atoms with Crippen LogP contribution in [0.25, 0.3) is 5.76 Å². The average molecular weight is 570 g/mol. The van der Waals surface area contributed by atoms with E-state index in [1.165, 1.54) is 4.90 Å². The van der Waals surface area contributed by atoms with Gasteiger partial charge in [0.1, 0.15) is 22.8 Å². The predicted octanol–water partition coefficient (Wildman–Crippen LogP) is 2.79. The van der Waals surface area contributed by atoms with E-state index in [-0.39, 0.29) is 29.7 Å². The summed E-state index contributed by atoms with van der Waals surface area (Å²) in [5, 5.41) is 45.9. The average Bonchev–Trinajstić information content (AvgIpc) is 2.89. The second-order valence-electron chi connectivity index (χ2n) is 12.2. The smallest absolute Gasteiger partial charge is 0.255 e. The lowest BCUT2D eigenvalue weighted by molar-refractivity contribution is -0.153. The first-order valence-corrected chi connectivity index (χ1v) is 14.4. The number of Topliss-reactive ketones (excluding diaryl/α,β-unsaturated/α-hetero) is 2. The number of likely N-dealkylation sites (N-methyl/N-ethyl adjacent to an activating group) is 1. The number of carbonyl (C=O) groups is 3. The highest BCUT2D eigenvalue weighted by molar-refractivity contribution is 6.24. The quantitative estimate of drug-likeness (QED) is 0.281. The number of amides is 1. The Labute approximate surface area is 241 Å². The number of primary amides is 1. The van der Waals surface area contributed by atoms with Gasteiger partial charge in [-0.05, 0) is 68.8 Å². The van der Waals surface area contributed by atoms with Gasteiger partial charge in [-0.15, -0.1) is 0 Å². The topological polar surface area (TPSA) is 165 Å². The number of benzene rings is 1. The fraction of sp³-hybridized carbons (Fsp3) is 0.581. The zero-order valence-corrected chi connectivity index (χ0v) is 24.8. The highest BCUT2D eigenvalue weighted by atomic mass is 16.3. The molecule has 1 amide bonds. The number of anilines is 1. The van der Waals surface area contributed by atoms with Crippen molar-refractivity contribution in [2.45, 2.75) is 70.4 Å². The monoisotopic (exact) mass is 569 g/mol. The molecule has 4 rings (SSSR count). The molecule has 0 saturated heterocycles. The summed E-state index contributed by atoms with van der Waals surface area (Å²) in [5.41, 5.74) is 4.08. The second kappa shape index (κ2) is 11.1. The van der Waals surface area contributed by atoms with Crippen LogP contribution in [0.4, 0.5) is 5.69 Å². The van der Waals surface area contributed by atoms with Crippen molar-refractivity contribution in [3.63, 3.8) is 0 Å². The number of phenols is 1. The summed E-state index contributed by atoms with van der Waals surface area (Å²) in [5.74, 6) is -5.76. The van der Waals surface area contributed by atoms with E-state index in [1.54, 1.807) is 14.1 Å². The van der Waals surface area contributed by atoms with E-state index < -0.39 is 58.0 Å². The zero-order chi connectivity index (χ0) is 30.5. The van der Waals surface area contributed by atoms with E-state index in [0.29, 0.717) is 23.5 Å². The maximum Gasteiger partial charge on any atom is 0.255 e. The molecule has 0 radical (unpaired) electrons. The van der Waals surface area contributed by atoms with Gasteiger partial charge in [-0.3, -0.25) is 19.3 Å². The largest absolute Gasteiger partial charge is 0.508 e. The number of rotatable bonds is 9. The number of hydrogen-bond donors (Lipinski definition) is 5. The number of hydrogen-bond acceptors (Lipinski definition) is 9. The number of phenolic OH excluding ortho intramolecular Hbond substituents is 1. The second-order valence-corrected chi connectivity index (χ2v) is 12.2. The molecule has 1 saturated carbocycles. The first kappa shape index (κ1) is 30.6. The summed E-state index contributed by atoms with van der Waals surface area (Å²) in [6, 6.07) is 0.826. The van der Waals surface area contributed by atoms with Gasteiger partial charge in [0.05, 0.1) is 11.6 Å². The van der Waals surface area contributed by atoms with Gasteiger partial charge in [-0.2, -0.15) is 0 Å². The van der Waals surface area contributed by atoms with Crippen molar-refractivity contribution in [3.05, 3.63) is 39.7 Å². The number of fused-ring (bicyclic) bond motifs is 3. The molecular weight excluding hydrogens is 526 g/mol. The van der Waals surface area contributed by atoms with E-state index in [4.69, 9.17) is 5.73 Å². The third-order valence-corrected chi connectivity index (χ3v) is 9.47. The highest BCUT2D eigenvalue weighted by Gasteiger charge is 2.64. The molecular formula is C31H43N3O7. The predicted molar refractivity (Wildman–Crippen MR) is 156 cm³/mol. The maximum absolute atomic E-state index is 14.1. The molecule has 1 aromatic rings. The third kappa shape index (κ3) is 4.70. The molecule has 3 aliphatic carbocycles. The summed E-state index contributed by atoms with van der Waals surface area (Å²) in [6.45, 7) is 4.33. The number of nitrogens with two attached hydrogens (primary N) is 1. The highest BCUT2D eigenvalue weighted by Crippen LogP contribution is 2.54. The van der Waals surface area contributed by atoms with Crippen LogP contribution in [-0.2, 0) is 27.2 Å². The molecule has 0 bridgehead atoms. The van der Waals surface area contributed by atoms with Crippen LogP contribution >= 0.6 is 0 Å². The fourth-order valence-corrected chi connectivity index (χ4v) is 7.21. The number of aliphatic hydroxyl groups is 3. The minimum Gasteiger partial charge on any atom is -0.508 e. The Hall–Kier alpha value is -3.37. The summed E-state index contributed by atoms with van der Waals surface area (Å²) in [6.07, 6.45) is 4.92. The molecule has 3 aliphatic rings. The van der Waals surface area contributed by atoms with Crippen molar-refractivity contribution in [2.24, 2.45) is 23.5 Å². The number of aryl methyl sites for hydroxylation is 1. The lowest BCUT2D eigenvalue weighted by Crippen LogP contribution is -2.65. The molecule has 10 heteroatoms. The third-order valence-electron chi connectivity index (χ3n) is 9.47. The Morgan fingerprint density at radius 3 is 2.29 bits per heavy atom. The molecule has 1 unspecified atom stereocenters. The zero-order valence-electron chi connectivity index (χ0n) is 24.8. The Morgan fingerprint density at radius 1 is 1.12 bits per heavy atom. The molecule has 0 heterocycles. The Morgan fingerprint density at radius 2 is 1.76 bits per heavy atom. The van der Waals surface area contributed by atoms with Crippen LogP contribution < -0.4 is 10.6 Å². The van der Waals surface area contributed by atoms with Crippen LogP contribution in [0, 0.1) is 17.8 Å². The SMILES string of the molecule is CCC(CC)CCCc1cc(N(C)C)c2c(c1O)C(O)=C1C(=O)[C@]3(O)C(O)=C(C(N)=O)C(=O)C(N(C)C)[C@@H]3C[C@H]1C2. The first-order chi connectivity index (χ1) is 19.2. The van der Waals surface area contributed by atoms with Crippen LogP contribution in [0.1, 0.15) is 62.6 Å². The number of carbonyl (C=O) groups excluding carboxylic acids is 3. The molecule has 41 heavy (non-hydrogen) atoms. The van der Waals surface area contributed by atoms with Crippen molar-refractivity contribution in [2.75, 3.05) is 33.1 Å². The van der Waals surface area contributed by atoms with Gasteiger partial charge in [0, 0.05) is 31.3 Å². The van der Waals surface area contributed by atoms with E-state index in [9.17, 15) is 34.8 Å². The van der Waals surface area contributed by atoms with Crippen LogP contribution in [0.15, 0.2) is 23.0 Å². The van der Waals surface area contributed by atoms with Crippen LogP contribution in [0.2, 0.25) is 0 Å². The van der Waals surface area contributed by atoms with E-state index in [1.807, 2.05) is 25.1 Å². The Bertz CT molecular complexity index is 1340. The molecule has 0 aliphatic heterocycles. The van der Waals surface area contributed by atoms with Gasteiger partial charge in [-0.1, -0.05) is 33.1 Å². The van der Waals surface area contributed by atoms with E-state index in [2.05, 4.69) is 13.8 Å². The lowest BCUT2D eigenvalue weighted by atomic mass is 9.57. The molecule has 0 aromatic heterocycles. The molecule has 1 fully saturated rings. The molecule has 10 nitrogen and oxygen atoms in total. The van der Waals surface area contributed by atoms with Crippen molar-refractivity contribution < 1.29 is 34.8 Å². The molecule has 6 N–H and O–H groups in total. The van der Waals surface area contributed by atoms with Gasteiger partial charge >= 0.3 is 0 Å². The van der Waals surface area contributed by atoms with Crippen molar-refractivity contribution in [1.29, 1.82) is 0 Å². The number of ketones is 2. The fourth-order valence-electron chi connectivity index (χ4n) is 7.21. The van der Waals surface area contributed by atoms with Gasteiger partial charge in [-0.25, -0.2) is 0 Å². The molecule has 0 spiro atoms. The van der Waals surface area contributed by atoms with E-state index >= 15 is 0 Å². The minimum atomic E-state index is -2.64. The first-order valence-electron chi connectivity index (χ1n) is 14.4. The lowest BCUT2D eigenvalue weighted by Gasteiger charge is -2.50. The summed E-state index contributed by atoms with van der Waals surface area (Å²) < 4.78 is 0. The molecule has 4 atom stereocenters. The Kier molecular flexibility index (Phi) is 8.30. The van der Waals surface area contributed by atoms with Crippen LogP contribution in [-0.4, -0.2) is 82.6 Å². The summed E-state index contributed by atoms with van der Waals surface area (Å²) in [4.78, 5) is 42.9. The minimum absolute atomic E-state index is 0.0660. The van der Waals surface area contributed by atoms with Crippen molar-refractivity contribution >= 4 is 28.9 Å². The standard InChI is InChI=1S/C31H43N3O7/c1-7-15(8-2)10-9-11-16-14-20(33(3)4)18-12-17-13-19-24(34(5)6)27(37)23(30(32)40)29(39)31(19,41)28(38)21(17)26(36)22(18)25(16)35/h14-15,17,19,24,35-36,39,41H,7-13H2,1-6H3,(H2,32,40)/t17-,19+,24?,31+/m1/s1. The van der Waals surface area contributed by atoms with Crippen molar-refractivity contribution in [1.82, 2.24) is 4.90 Å². The number of nitrogens with zero attached hydrogens (tertiary/aromatic N) is 2. The molecule has 224 valence electrons. The summed E-state index contributed by atoms with van der Waals surface area (Å²) >= 11 is 0. The van der Waals surface area contributed by atoms with E-state index in [0.717, 1.165) is 31.4 Å². The number of aromatic hydroxyl groups is 1. The van der Waals surface area contributed by atoms with Gasteiger partial charge in [0.25, 0.3) is 5.91 Å². The van der Waals surface area contributed by atoms with Crippen LogP contribution in [0.3, 0.4) is 0 Å². The maximum atomic E-state index is 14.1. The van der Waals surface area contributed by atoms with Gasteiger partial charge < -0.3 is 31.1 Å². The normalized spacial score (nSPS) is 25.9. The van der Waals surface area contributed by atoms with Gasteiger partial charge in [0.15, 0.2) is 11.4 Å². The van der Waals surface area contributed by atoms with Crippen LogP contribution in [0.5, 0.6) is 5.75 Å². The summed E-state index contributed by atoms with van der Waals surface area (Å²) in [7, 11) is 6.91. The molecule has 1 aromatic carbocycles. The van der Waals surface area contributed by atoms with Crippen molar-refractivity contribution in [3.8, 4) is 5.75 Å². The Balaban J connectivity index is 1.88. The number of aliphatic hydroxyl groups excluding tert-OH is 2.